The Balaban J connectivity index is 2.21. The summed E-state index contributed by atoms with van der Waals surface area (Å²) in [4.78, 5) is 16.6. The van der Waals surface area contributed by atoms with Crippen molar-refractivity contribution in [2.24, 2.45) is 0 Å². The molecule has 1 heterocycles. The van der Waals surface area contributed by atoms with E-state index in [0.29, 0.717) is 16.1 Å². The van der Waals surface area contributed by atoms with E-state index in [1.54, 1.807) is 18.3 Å². The summed E-state index contributed by atoms with van der Waals surface area (Å²) in [6.45, 7) is 1.64. The van der Waals surface area contributed by atoms with Crippen LogP contribution in [-0.4, -0.2) is 22.6 Å². The van der Waals surface area contributed by atoms with Gasteiger partial charge in [0.15, 0.2) is 0 Å². The molecule has 0 fully saturated rings. The second kappa shape index (κ2) is 6.14. The molecule has 0 saturated heterocycles. The number of hydrogen-bond acceptors (Lipinski definition) is 4. The normalized spacial score (nSPS) is 9.58. The van der Waals surface area contributed by atoms with Crippen molar-refractivity contribution in [2.45, 2.75) is 6.92 Å². The maximum absolute atomic E-state index is 12.0. The summed E-state index contributed by atoms with van der Waals surface area (Å²) >= 11 is 1.34. The molecule has 19 heavy (non-hydrogen) atoms. The first-order valence-corrected chi connectivity index (χ1v) is 6.45. The molecule has 0 unspecified atom stereocenters. The van der Waals surface area contributed by atoms with Crippen LogP contribution >= 0.6 is 11.3 Å². The van der Waals surface area contributed by atoms with Gasteiger partial charge in [0.1, 0.15) is 11.5 Å². The van der Waals surface area contributed by atoms with E-state index < -0.39 is 0 Å². The van der Waals surface area contributed by atoms with Crippen molar-refractivity contribution < 1.29 is 9.90 Å². The number of thiazole rings is 1. The van der Waals surface area contributed by atoms with Crippen LogP contribution in [0.25, 0.3) is 0 Å². The predicted molar refractivity (Wildman–Crippen MR) is 75.2 cm³/mol. The number of carbonyl (C=O) groups excluding carboxylic acids is 1. The second-order valence-electron chi connectivity index (χ2n) is 3.70. The average molecular weight is 272 g/mol. The summed E-state index contributed by atoms with van der Waals surface area (Å²) in [6, 6.07) is 7.20. The lowest BCUT2D eigenvalue weighted by Gasteiger charge is -2.05. The topological polar surface area (TPSA) is 62.2 Å². The number of aromatic nitrogens is 1. The van der Waals surface area contributed by atoms with E-state index >= 15 is 0 Å². The van der Waals surface area contributed by atoms with Gasteiger partial charge < -0.3 is 10.4 Å². The summed E-state index contributed by atoms with van der Waals surface area (Å²) < 4.78 is 0. The zero-order chi connectivity index (χ0) is 13.7. The molecular formula is C14H12N2O2S. The number of aryl methyl sites for hydroxylation is 1. The molecule has 0 atom stereocenters. The van der Waals surface area contributed by atoms with Crippen molar-refractivity contribution in [1.29, 1.82) is 0 Å². The molecule has 0 bridgehead atoms. The zero-order valence-corrected chi connectivity index (χ0v) is 11.1. The van der Waals surface area contributed by atoms with Crippen molar-refractivity contribution in [3.8, 4) is 11.8 Å². The fourth-order valence-corrected chi connectivity index (χ4v) is 2.16. The van der Waals surface area contributed by atoms with Crippen molar-refractivity contribution in [3.63, 3.8) is 0 Å². The Morgan fingerprint density at radius 2 is 2.26 bits per heavy atom. The van der Waals surface area contributed by atoms with E-state index in [2.05, 4.69) is 22.1 Å². The zero-order valence-electron chi connectivity index (χ0n) is 10.3. The Labute approximate surface area is 115 Å². The highest BCUT2D eigenvalue weighted by Crippen LogP contribution is 2.17. The highest BCUT2D eigenvalue weighted by Gasteiger charge is 2.10. The summed E-state index contributed by atoms with van der Waals surface area (Å²) in [7, 11) is 0. The van der Waals surface area contributed by atoms with E-state index in [1.165, 1.54) is 11.3 Å². The molecule has 4 nitrogen and oxygen atoms in total. The third-order valence-electron chi connectivity index (χ3n) is 2.32. The number of nitrogens with one attached hydrogen (secondary N) is 1. The van der Waals surface area contributed by atoms with Crippen molar-refractivity contribution in [1.82, 2.24) is 4.98 Å². The number of benzene rings is 1. The van der Waals surface area contributed by atoms with Crippen LogP contribution in [0.4, 0.5) is 5.69 Å². The highest BCUT2D eigenvalue weighted by molar-refractivity contribution is 7.13. The molecule has 0 aliphatic carbocycles. The molecule has 0 aliphatic heterocycles. The summed E-state index contributed by atoms with van der Waals surface area (Å²) in [5.74, 6) is 5.16. The SMILES string of the molecule is Cc1ncc(C(=O)Nc2ccccc2C#CCO)s1. The van der Waals surface area contributed by atoms with E-state index in [1.807, 2.05) is 19.1 Å². The fourth-order valence-electron chi connectivity index (χ4n) is 1.49. The van der Waals surface area contributed by atoms with Gasteiger partial charge in [0.2, 0.25) is 0 Å². The van der Waals surface area contributed by atoms with Crippen LogP contribution in [0, 0.1) is 18.8 Å². The molecule has 1 aromatic carbocycles. The van der Waals surface area contributed by atoms with Crippen LogP contribution in [-0.2, 0) is 0 Å². The van der Waals surface area contributed by atoms with Gasteiger partial charge in [-0.15, -0.1) is 11.3 Å². The third-order valence-corrected chi connectivity index (χ3v) is 3.23. The van der Waals surface area contributed by atoms with Crippen LogP contribution < -0.4 is 5.32 Å². The first-order valence-electron chi connectivity index (χ1n) is 5.63. The molecule has 5 heteroatoms. The molecule has 2 aromatic rings. The molecule has 1 aromatic heterocycles. The van der Waals surface area contributed by atoms with Crippen LogP contribution in [0.3, 0.4) is 0 Å². The Bertz CT molecular complexity index is 653. The Morgan fingerprint density at radius 1 is 1.47 bits per heavy atom. The van der Waals surface area contributed by atoms with Gasteiger partial charge in [0.05, 0.1) is 16.9 Å². The molecule has 2 rings (SSSR count). The summed E-state index contributed by atoms with van der Waals surface area (Å²) in [5, 5.41) is 12.4. The third kappa shape index (κ3) is 3.41. The molecule has 0 spiro atoms. The van der Waals surface area contributed by atoms with Gasteiger partial charge in [0.25, 0.3) is 5.91 Å². The molecule has 0 saturated carbocycles. The minimum Gasteiger partial charge on any atom is -0.384 e. The minimum atomic E-state index is -0.212. The number of nitrogens with zero attached hydrogens (tertiary/aromatic N) is 1. The monoisotopic (exact) mass is 272 g/mol. The number of carbonyl (C=O) groups is 1. The maximum atomic E-state index is 12.0. The number of amides is 1. The fraction of sp³-hybridized carbons (Fsp3) is 0.143. The lowest BCUT2D eigenvalue weighted by Crippen LogP contribution is -2.11. The molecule has 0 aliphatic rings. The summed E-state index contributed by atoms with van der Waals surface area (Å²) in [5.41, 5.74) is 1.30. The Kier molecular flexibility index (Phi) is 4.29. The van der Waals surface area contributed by atoms with E-state index in [0.717, 1.165) is 5.01 Å². The van der Waals surface area contributed by atoms with Gasteiger partial charge >= 0.3 is 0 Å². The van der Waals surface area contributed by atoms with Gasteiger partial charge in [-0.2, -0.15) is 0 Å². The first-order chi connectivity index (χ1) is 9.20. The van der Waals surface area contributed by atoms with Crippen molar-refractivity contribution in [2.75, 3.05) is 11.9 Å². The molecule has 0 radical (unpaired) electrons. The van der Waals surface area contributed by atoms with Gasteiger partial charge in [-0.1, -0.05) is 24.0 Å². The maximum Gasteiger partial charge on any atom is 0.267 e. The minimum absolute atomic E-state index is 0.205. The van der Waals surface area contributed by atoms with E-state index in [9.17, 15) is 4.79 Å². The lowest BCUT2D eigenvalue weighted by molar-refractivity contribution is 0.103. The number of anilines is 1. The van der Waals surface area contributed by atoms with Crippen molar-refractivity contribution in [3.05, 3.63) is 45.9 Å². The van der Waals surface area contributed by atoms with E-state index in [-0.39, 0.29) is 12.5 Å². The smallest absolute Gasteiger partial charge is 0.267 e. The molecule has 1 amide bonds. The van der Waals surface area contributed by atoms with Gasteiger partial charge in [-0.05, 0) is 19.1 Å². The average Bonchev–Trinajstić information content (AvgIpc) is 2.84. The van der Waals surface area contributed by atoms with Crippen molar-refractivity contribution >= 4 is 22.9 Å². The standard InChI is InChI=1S/C14H12N2O2S/c1-10-15-9-13(19-10)14(18)16-12-7-3-2-5-11(12)6-4-8-17/h2-3,5,7,9,17H,8H2,1H3,(H,16,18). The predicted octanol–water partition coefficient (Wildman–Crippen LogP) is 2.05. The van der Waals surface area contributed by atoms with Gasteiger partial charge in [-0.25, -0.2) is 4.98 Å². The molecule has 96 valence electrons. The highest BCUT2D eigenvalue weighted by atomic mass is 32.1. The quantitative estimate of drug-likeness (QED) is 0.822. The van der Waals surface area contributed by atoms with Gasteiger partial charge in [0, 0.05) is 5.56 Å². The number of hydrogen-bond donors (Lipinski definition) is 2. The van der Waals surface area contributed by atoms with Crippen LogP contribution in [0.15, 0.2) is 30.5 Å². The number of para-hydroxylation sites is 1. The number of aliphatic hydroxyl groups is 1. The molecule has 2 N–H and O–H groups in total. The van der Waals surface area contributed by atoms with Crippen LogP contribution in [0.5, 0.6) is 0 Å². The van der Waals surface area contributed by atoms with E-state index in [4.69, 9.17) is 5.11 Å². The second-order valence-corrected chi connectivity index (χ2v) is 4.94. The number of aliphatic hydroxyl groups excluding tert-OH is 1. The Morgan fingerprint density at radius 3 is 2.95 bits per heavy atom. The van der Waals surface area contributed by atoms with Gasteiger partial charge in [-0.3, -0.25) is 4.79 Å². The van der Waals surface area contributed by atoms with Crippen LogP contribution in [0.1, 0.15) is 20.2 Å². The first kappa shape index (κ1) is 13.3. The largest absolute Gasteiger partial charge is 0.384 e. The molecular weight excluding hydrogens is 260 g/mol. The lowest BCUT2D eigenvalue weighted by atomic mass is 10.2. The Hall–Kier alpha value is -2.16. The number of rotatable bonds is 2. The summed E-state index contributed by atoms with van der Waals surface area (Å²) in [6.07, 6.45) is 1.55. The van der Waals surface area contributed by atoms with Crippen LogP contribution in [0.2, 0.25) is 0 Å².